The van der Waals surface area contributed by atoms with Crippen LogP contribution in [-0.2, 0) is 4.79 Å². The second-order valence-corrected chi connectivity index (χ2v) is 6.05. The van der Waals surface area contributed by atoms with Crippen molar-refractivity contribution in [2.75, 3.05) is 0 Å². The Morgan fingerprint density at radius 3 is 2.95 bits per heavy atom. The number of aromatic nitrogens is 2. The van der Waals surface area contributed by atoms with Gasteiger partial charge in [-0.2, -0.15) is 0 Å². The van der Waals surface area contributed by atoms with E-state index in [0.29, 0.717) is 10.8 Å². The average Bonchev–Trinajstić information content (AvgIpc) is 3.07. The maximum atomic E-state index is 12.0. The van der Waals surface area contributed by atoms with Gasteiger partial charge in [-0.3, -0.25) is 9.20 Å². The Labute approximate surface area is 137 Å². The van der Waals surface area contributed by atoms with Crippen LogP contribution in [0.1, 0.15) is 24.2 Å². The van der Waals surface area contributed by atoms with Crippen LogP contribution in [0.25, 0.3) is 11.0 Å². The maximum absolute atomic E-state index is 12.0. The number of carbonyl (C=O) groups is 1. The maximum Gasteiger partial charge on any atom is 0.244 e. The van der Waals surface area contributed by atoms with Gasteiger partial charge in [0.15, 0.2) is 10.1 Å². The number of carbonyl (C=O) groups excluding carboxylic acids is 1. The molecule has 0 saturated carbocycles. The van der Waals surface area contributed by atoms with Crippen molar-refractivity contribution in [1.82, 2.24) is 14.7 Å². The van der Waals surface area contributed by atoms with Gasteiger partial charge in [0, 0.05) is 17.7 Å². The van der Waals surface area contributed by atoms with Crippen LogP contribution >= 0.6 is 22.9 Å². The Hall–Kier alpha value is -2.11. The second-order valence-electron chi connectivity index (χ2n) is 4.82. The Morgan fingerprint density at radius 2 is 2.18 bits per heavy atom. The van der Waals surface area contributed by atoms with Gasteiger partial charge in [-0.25, -0.2) is 4.98 Å². The number of benzene rings is 1. The highest BCUT2D eigenvalue weighted by atomic mass is 35.5. The third-order valence-corrected chi connectivity index (χ3v) is 4.34. The van der Waals surface area contributed by atoms with Crippen LogP contribution in [0.3, 0.4) is 0 Å². The van der Waals surface area contributed by atoms with E-state index in [2.05, 4.69) is 10.3 Å². The van der Waals surface area contributed by atoms with Crippen molar-refractivity contribution in [3.05, 3.63) is 64.4 Å². The molecule has 2 aromatic heterocycles. The van der Waals surface area contributed by atoms with Gasteiger partial charge < -0.3 is 5.32 Å². The molecule has 0 aliphatic rings. The van der Waals surface area contributed by atoms with Crippen LogP contribution in [0, 0.1) is 0 Å². The molecule has 0 saturated heterocycles. The number of amides is 1. The molecule has 3 aromatic rings. The number of imidazole rings is 1. The fourth-order valence-electron chi connectivity index (χ4n) is 2.17. The molecule has 1 N–H and O–H groups in total. The minimum Gasteiger partial charge on any atom is -0.346 e. The predicted molar refractivity (Wildman–Crippen MR) is 90.1 cm³/mol. The van der Waals surface area contributed by atoms with Crippen molar-refractivity contribution in [1.29, 1.82) is 0 Å². The van der Waals surface area contributed by atoms with Crippen LogP contribution in [0.15, 0.2) is 48.0 Å². The number of thiazole rings is 1. The average molecular weight is 332 g/mol. The topological polar surface area (TPSA) is 46.4 Å². The van der Waals surface area contributed by atoms with Gasteiger partial charge >= 0.3 is 0 Å². The van der Waals surface area contributed by atoms with Crippen LogP contribution in [-0.4, -0.2) is 15.3 Å². The Morgan fingerprint density at radius 1 is 1.41 bits per heavy atom. The molecule has 0 aliphatic heterocycles. The SMILES string of the molecule is CC(NC(=O)/C=C/c1c(Cl)nc2sccn12)c1ccccc1. The summed E-state index contributed by atoms with van der Waals surface area (Å²) in [4.78, 5) is 17.1. The van der Waals surface area contributed by atoms with Gasteiger partial charge in [-0.1, -0.05) is 41.9 Å². The lowest BCUT2D eigenvalue weighted by Gasteiger charge is -2.12. The monoisotopic (exact) mass is 331 g/mol. The summed E-state index contributed by atoms with van der Waals surface area (Å²) in [7, 11) is 0. The first-order valence-corrected chi connectivity index (χ1v) is 8.05. The van der Waals surface area contributed by atoms with Gasteiger partial charge in [0.2, 0.25) is 5.91 Å². The number of nitrogens with one attached hydrogen (secondary N) is 1. The molecule has 0 bridgehead atoms. The molecule has 112 valence electrons. The number of halogens is 1. The molecule has 1 aromatic carbocycles. The molecule has 1 amide bonds. The van der Waals surface area contributed by atoms with Gasteiger partial charge in [0.05, 0.1) is 11.7 Å². The van der Waals surface area contributed by atoms with E-state index in [4.69, 9.17) is 11.6 Å². The molecule has 2 heterocycles. The molecule has 6 heteroatoms. The Balaban J connectivity index is 1.71. The summed E-state index contributed by atoms with van der Waals surface area (Å²) in [6.07, 6.45) is 5.04. The number of hydrogen-bond donors (Lipinski definition) is 1. The summed E-state index contributed by atoms with van der Waals surface area (Å²) in [5.41, 5.74) is 1.77. The van der Waals surface area contributed by atoms with Crippen molar-refractivity contribution < 1.29 is 4.79 Å². The molecule has 0 aliphatic carbocycles. The summed E-state index contributed by atoms with van der Waals surface area (Å²) in [5.74, 6) is -0.169. The van der Waals surface area contributed by atoms with Crippen LogP contribution in [0.5, 0.6) is 0 Å². The molecule has 3 rings (SSSR count). The van der Waals surface area contributed by atoms with Crippen molar-refractivity contribution in [2.24, 2.45) is 0 Å². The number of rotatable bonds is 4. The first-order chi connectivity index (χ1) is 10.6. The van der Waals surface area contributed by atoms with Crippen LogP contribution in [0.2, 0.25) is 5.15 Å². The lowest BCUT2D eigenvalue weighted by Crippen LogP contribution is -2.24. The first kappa shape index (κ1) is 14.8. The Bertz CT molecular complexity index is 822. The zero-order valence-corrected chi connectivity index (χ0v) is 13.4. The Kier molecular flexibility index (Phi) is 4.27. The summed E-state index contributed by atoms with van der Waals surface area (Å²) >= 11 is 7.58. The zero-order valence-electron chi connectivity index (χ0n) is 11.9. The highest BCUT2D eigenvalue weighted by Gasteiger charge is 2.10. The standard InChI is InChI=1S/C16H14ClN3OS/c1-11(12-5-3-2-4-6-12)18-14(21)8-7-13-15(17)19-16-20(13)9-10-22-16/h2-11H,1H3,(H,18,21)/b8-7+. The van der Waals surface area contributed by atoms with Crippen molar-refractivity contribution in [3.63, 3.8) is 0 Å². The lowest BCUT2D eigenvalue weighted by molar-refractivity contribution is -0.117. The highest BCUT2D eigenvalue weighted by Crippen LogP contribution is 2.22. The van der Waals surface area contributed by atoms with E-state index in [1.807, 2.05) is 53.2 Å². The minimum atomic E-state index is -0.169. The molecule has 1 atom stereocenters. The number of fused-ring (bicyclic) bond motifs is 1. The van der Waals surface area contributed by atoms with Gasteiger partial charge in [0.1, 0.15) is 0 Å². The van der Waals surface area contributed by atoms with Crippen molar-refractivity contribution in [2.45, 2.75) is 13.0 Å². The molecular weight excluding hydrogens is 318 g/mol. The molecule has 4 nitrogen and oxygen atoms in total. The summed E-state index contributed by atoms with van der Waals surface area (Å²) in [6, 6.07) is 9.77. The highest BCUT2D eigenvalue weighted by molar-refractivity contribution is 7.15. The largest absolute Gasteiger partial charge is 0.346 e. The van der Waals surface area contributed by atoms with E-state index < -0.39 is 0 Å². The third-order valence-electron chi connectivity index (χ3n) is 3.31. The number of nitrogens with zero attached hydrogens (tertiary/aromatic N) is 2. The number of hydrogen-bond acceptors (Lipinski definition) is 3. The first-order valence-electron chi connectivity index (χ1n) is 6.79. The molecule has 0 spiro atoms. The van der Waals surface area contributed by atoms with Gasteiger partial charge in [-0.05, 0) is 18.6 Å². The zero-order chi connectivity index (χ0) is 15.5. The lowest BCUT2D eigenvalue weighted by atomic mass is 10.1. The summed E-state index contributed by atoms with van der Waals surface area (Å²) in [6.45, 7) is 1.95. The van der Waals surface area contributed by atoms with Gasteiger partial charge in [-0.15, -0.1) is 11.3 Å². The molecule has 1 unspecified atom stereocenters. The fraction of sp³-hybridized carbons (Fsp3) is 0.125. The van der Waals surface area contributed by atoms with E-state index in [0.717, 1.165) is 10.5 Å². The quantitative estimate of drug-likeness (QED) is 0.736. The predicted octanol–water partition coefficient (Wildman–Crippen LogP) is 3.94. The smallest absolute Gasteiger partial charge is 0.244 e. The van der Waals surface area contributed by atoms with Crippen molar-refractivity contribution in [3.8, 4) is 0 Å². The van der Waals surface area contributed by atoms with Crippen molar-refractivity contribution >= 4 is 39.9 Å². The minimum absolute atomic E-state index is 0.0552. The van der Waals surface area contributed by atoms with Crippen LogP contribution < -0.4 is 5.32 Å². The van der Waals surface area contributed by atoms with Gasteiger partial charge in [0.25, 0.3) is 0 Å². The fourth-order valence-corrected chi connectivity index (χ4v) is 3.17. The molecule has 22 heavy (non-hydrogen) atoms. The van der Waals surface area contributed by atoms with Crippen LogP contribution in [0.4, 0.5) is 0 Å². The molecule has 0 radical (unpaired) electrons. The van der Waals surface area contributed by atoms with E-state index >= 15 is 0 Å². The molecular formula is C16H14ClN3OS. The normalized spacial score (nSPS) is 12.8. The second kappa shape index (κ2) is 6.34. The summed E-state index contributed by atoms with van der Waals surface area (Å²) in [5, 5.41) is 5.24. The summed E-state index contributed by atoms with van der Waals surface area (Å²) < 4.78 is 1.86. The molecule has 0 fully saturated rings. The van der Waals surface area contributed by atoms with E-state index in [-0.39, 0.29) is 11.9 Å². The van der Waals surface area contributed by atoms with E-state index in [9.17, 15) is 4.79 Å². The van der Waals surface area contributed by atoms with E-state index in [1.165, 1.54) is 17.4 Å². The van der Waals surface area contributed by atoms with E-state index in [1.54, 1.807) is 6.08 Å². The third kappa shape index (κ3) is 3.05.